The van der Waals surface area contributed by atoms with E-state index < -0.39 is 11.6 Å². The monoisotopic (exact) mass is 679 g/mol. The van der Waals surface area contributed by atoms with Crippen LogP contribution in [0.4, 0.5) is 0 Å². The van der Waals surface area contributed by atoms with Gasteiger partial charge in [0.05, 0.1) is 40.0 Å². The van der Waals surface area contributed by atoms with E-state index in [0.29, 0.717) is 56.0 Å². The molecule has 8 rings (SSSR count). The van der Waals surface area contributed by atoms with E-state index in [-0.39, 0.29) is 24.2 Å². The van der Waals surface area contributed by atoms with Crippen molar-refractivity contribution in [2.24, 2.45) is 0 Å². The summed E-state index contributed by atoms with van der Waals surface area (Å²) in [5.41, 5.74) is 2.84. The first-order chi connectivity index (χ1) is 22.5. The lowest BCUT2D eigenvalue weighted by atomic mass is 9.57. The van der Waals surface area contributed by atoms with Gasteiger partial charge in [-0.3, -0.25) is 4.98 Å². The molecule has 4 fully saturated rings. The van der Waals surface area contributed by atoms with Gasteiger partial charge < -0.3 is 23.8 Å². The SMILES string of the molecule is CCOC(=O)c1ccc(OCC(C)(C)O)c2nc(C34CCC(OCc5c(-c6c(Cl)cncc6Cl)noc5C5CC5)(CC3)CC4)ccc12. The van der Waals surface area contributed by atoms with Crippen molar-refractivity contribution in [1.29, 1.82) is 0 Å². The van der Waals surface area contributed by atoms with Crippen LogP contribution in [0.2, 0.25) is 10.0 Å². The summed E-state index contributed by atoms with van der Waals surface area (Å²) in [6.45, 7) is 5.92. The molecule has 1 N–H and O–H groups in total. The minimum Gasteiger partial charge on any atom is -0.488 e. The first-order valence-corrected chi connectivity index (χ1v) is 17.2. The number of ether oxygens (including phenoxy) is 3. The average Bonchev–Trinajstić information content (AvgIpc) is 3.82. The Hall–Kier alpha value is -3.24. The molecule has 0 unspecified atom stereocenters. The Labute approximate surface area is 283 Å². The quantitative estimate of drug-likeness (QED) is 0.156. The zero-order valence-corrected chi connectivity index (χ0v) is 28.4. The summed E-state index contributed by atoms with van der Waals surface area (Å²) in [4.78, 5) is 22.1. The summed E-state index contributed by atoms with van der Waals surface area (Å²) in [6.07, 6.45) is 10.7. The Morgan fingerprint density at radius 1 is 1.04 bits per heavy atom. The number of halogens is 2. The van der Waals surface area contributed by atoms with E-state index >= 15 is 0 Å². The molecule has 0 aliphatic heterocycles. The number of aliphatic hydroxyl groups is 1. The van der Waals surface area contributed by atoms with E-state index in [1.54, 1.807) is 45.3 Å². The van der Waals surface area contributed by atoms with Crippen molar-refractivity contribution in [3.05, 3.63) is 69.3 Å². The van der Waals surface area contributed by atoms with Gasteiger partial charge in [0.2, 0.25) is 0 Å². The smallest absolute Gasteiger partial charge is 0.338 e. The number of carbonyl (C=O) groups excluding carboxylic acids is 1. The van der Waals surface area contributed by atoms with Crippen LogP contribution in [0.25, 0.3) is 22.2 Å². The van der Waals surface area contributed by atoms with Crippen LogP contribution in [0.5, 0.6) is 5.75 Å². The average molecular weight is 681 g/mol. The predicted octanol–water partition coefficient (Wildman–Crippen LogP) is 8.36. The van der Waals surface area contributed by atoms with Crippen molar-refractivity contribution in [3.8, 4) is 17.0 Å². The van der Waals surface area contributed by atoms with E-state index in [4.69, 9.17) is 46.9 Å². The number of benzene rings is 1. The lowest BCUT2D eigenvalue weighted by Crippen LogP contribution is -2.50. The highest BCUT2D eigenvalue weighted by molar-refractivity contribution is 6.38. The molecule has 4 saturated carbocycles. The molecular formula is C36H39Cl2N3O6. The normalized spacial score (nSPS) is 22.5. The number of hydrogen-bond acceptors (Lipinski definition) is 9. The van der Waals surface area contributed by atoms with E-state index in [1.165, 1.54) is 0 Å². The number of rotatable bonds is 11. The number of pyridine rings is 2. The Morgan fingerprint density at radius 3 is 2.38 bits per heavy atom. The maximum atomic E-state index is 12.8. The molecule has 0 radical (unpaired) electrons. The largest absolute Gasteiger partial charge is 0.488 e. The van der Waals surface area contributed by atoms with E-state index in [1.807, 2.05) is 6.07 Å². The maximum absolute atomic E-state index is 12.8. The second kappa shape index (κ2) is 12.3. The van der Waals surface area contributed by atoms with Crippen LogP contribution >= 0.6 is 23.2 Å². The first-order valence-electron chi connectivity index (χ1n) is 16.4. The van der Waals surface area contributed by atoms with Crippen molar-refractivity contribution < 1.29 is 28.6 Å². The van der Waals surface area contributed by atoms with Crippen molar-refractivity contribution >= 4 is 40.1 Å². The molecular weight excluding hydrogens is 641 g/mol. The molecule has 9 nitrogen and oxygen atoms in total. The number of fused-ring (bicyclic) bond motifs is 4. The van der Waals surface area contributed by atoms with Crippen molar-refractivity contribution in [1.82, 2.24) is 15.1 Å². The second-order valence-corrected chi connectivity index (χ2v) is 14.7. The van der Waals surface area contributed by atoms with Crippen molar-refractivity contribution in [2.45, 2.75) is 101 Å². The van der Waals surface area contributed by atoms with Gasteiger partial charge in [0, 0.05) is 45.9 Å². The standard InChI is InChI=1S/C36H39Cl2N3O6/c1-4-44-33(42)23-7-9-27(45-20-34(2,3)43)30-22(23)8-10-28(40-30)35-11-14-36(15-12-35,16-13-35)46-19-24-31(41-47-32(24)21-5-6-21)29-25(37)17-39-18-26(29)38/h7-10,17-18,21,43H,4-6,11-16,19-20H2,1-3H3. The molecule has 1 aromatic carbocycles. The Balaban J connectivity index is 1.14. The molecule has 3 heterocycles. The maximum Gasteiger partial charge on any atom is 0.338 e. The summed E-state index contributed by atoms with van der Waals surface area (Å²) in [6, 6.07) is 7.47. The van der Waals surface area contributed by atoms with Gasteiger partial charge in [-0.15, -0.1) is 0 Å². The summed E-state index contributed by atoms with van der Waals surface area (Å²) < 4.78 is 24.1. The fraction of sp³-hybridized carbons (Fsp3) is 0.500. The molecule has 47 heavy (non-hydrogen) atoms. The third-order valence-corrected chi connectivity index (χ3v) is 10.6. The van der Waals surface area contributed by atoms with Gasteiger partial charge in [-0.05, 0) is 96.4 Å². The number of carbonyl (C=O) groups is 1. The second-order valence-electron chi connectivity index (χ2n) is 13.9. The van der Waals surface area contributed by atoms with Gasteiger partial charge in [-0.25, -0.2) is 9.78 Å². The van der Waals surface area contributed by atoms with Gasteiger partial charge in [-0.2, -0.15) is 0 Å². The summed E-state index contributed by atoms with van der Waals surface area (Å²) >= 11 is 13.1. The molecule has 11 heteroatoms. The Morgan fingerprint density at radius 2 is 1.74 bits per heavy atom. The third kappa shape index (κ3) is 6.23. The van der Waals surface area contributed by atoms with Gasteiger partial charge >= 0.3 is 5.97 Å². The minimum absolute atomic E-state index is 0.0910. The highest BCUT2D eigenvalue weighted by atomic mass is 35.5. The minimum atomic E-state index is -1.03. The van der Waals surface area contributed by atoms with Crippen molar-refractivity contribution in [2.75, 3.05) is 13.2 Å². The Bertz CT molecular complexity index is 1780. The van der Waals surface area contributed by atoms with Crippen LogP contribution in [0.1, 0.15) is 105 Å². The van der Waals surface area contributed by atoms with Crippen LogP contribution in [0.3, 0.4) is 0 Å². The Kier molecular flexibility index (Phi) is 8.48. The lowest BCUT2D eigenvalue weighted by Gasteiger charge is -2.53. The molecule has 4 aliphatic rings. The molecule has 0 amide bonds. The molecule has 0 spiro atoms. The molecule has 3 aromatic heterocycles. The van der Waals surface area contributed by atoms with Crippen LogP contribution < -0.4 is 4.74 Å². The summed E-state index contributed by atoms with van der Waals surface area (Å²) in [7, 11) is 0. The number of nitrogens with zero attached hydrogens (tertiary/aromatic N) is 3. The van der Waals surface area contributed by atoms with Crippen LogP contribution in [0.15, 0.2) is 41.2 Å². The third-order valence-electron chi connectivity index (χ3n) is 10.00. The molecule has 0 atom stereocenters. The molecule has 4 aliphatic carbocycles. The molecule has 4 aromatic rings. The van der Waals surface area contributed by atoms with E-state index in [9.17, 15) is 9.90 Å². The zero-order valence-electron chi connectivity index (χ0n) is 26.9. The van der Waals surface area contributed by atoms with Gasteiger partial charge in [-0.1, -0.05) is 28.4 Å². The van der Waals surface area contributed by atoms with Crippen LogP contribution in [0, 0.1) is 0 Å². The van der Waals surface area contributed by atoms with Crippen LogP contribution in [-0.4, -0.2) is 50.6 Å². The fourth-order valence-electron chi connectivity index (χ4n) is 7.18. The number of hydrogen-bond donors (Lipinski definition) is 1. The predicted molar refractivity (Wildman–Crippen MR) is 178 cm³/mol. The number of esters is 1. The van der Waals surface area contributed by atoms with Gasteiger partial charge in [0.25, 0.3) is 0 Å². The summed E-state index contributed by atoms with van der Waals surface area (Å²) in [5.74, 6) is 1.35. The molecule has 2 bridgehead atoms. The summed E-state index contributed by atoms with van der Waals surface area (Å²) in [5, 5.41) is 16.3. The number of aromatic nitrogens is 3. The highest BCUT2D eigenvalue weighted by Crippen LogP contribution is 2.56. The first kappa shape index (κ1) is 32.3. The molecule has 0 saturated heterocycles. The topological polar surface area (TPSA) is 117 Å². The van der Waals surface area contributed by atoms with Gasteiger partial charge in [0.15, 0.2) is 0 Å². The fourth-order valence-corrected chi connectivity index (χ4v) is 7.73. The molecule has 248 valence electrons. The van der Waals surface area contributed by atoms with Crippen molar-refractivity contribution in [3.63, 3.8) is 0 Å². The lowest BCUT2D eigenvalue weighted by molar-refractivity contribution is -0.127. The zero-order chi connectivity index (χ0) is 33.0. The van der Waals surface area contributed by atoms with Gasteiger partial charge in [0.1, 0.15) is 29.3 Å². The van der Waals surface area contributed by atoms with Crippen LogP contribution in [-0.2, 0) is 21.5 Å². The van der Waals surface area contributed by atoms with E-state index in [0.717, 1.165) is 68.4 Å². The van der Waals surface area contributed by atoms with E-state index in [2.05, 4.69) is 16.2 Å². The highest BCUT2D eigenvalue weighted by Gasteiger charge is 2.51.